The summed E-state index contributed by atoms with van der Waals surface area (Å²) in [5, 5.41) is 8.68. The summed E-state index contributed by atoms with van der Waals surface area (Å²) in [6.45, 7) is 10.9. The summed E-state index contributed by atoms with van der Waals surface area (Å²) in [5.41, 5.74) is 5.38. The lowest BCUT2D eigenvalue weighted by atomic mass is 9.83. The Bertz CT molecular complexity index is 416. The zero-order valence-electron chi connectivity index (χ0n) is 12.1. The molecule has 18 heavy (non-hydrogen) atoms. The Kier molecular flexibility index (Phi) is 4.55. The number of aliphatic carboxylic acids is 1. The van der Waals surface area contributed by atoms with Crippen molar-refractivity contribution in [1.82, 2.24) is 0 Å². The van der Waals surface area contributed by atoms with E-state index in [9.17, 15) is 4.79 Å². The van der Waals surface area contributed by atoms with Gasteiger partial charge < -0.3 is 5.11 Å². The summed E-state index contributed by atoms with van der Waals surface area (Å²) in [4.78, 5) is 10.5. The highest BCUT2D eigenvalue weighted by atomic mass is 16.4. The minimum Gasteiger partial charge on any atom is -0.481 e. The van der Waals surface area contributed by atoms with Crippen LogP contribution in [0.2, 0.25) is 0 Å². The molecule has 1 aromatic carbocycles. The quantitative estimate of drug-likeness (QED) is 0.874. The molecule has 0 aliphatic carbocycles. The first-order valence-electron chi connectivity index (χ1n) is 6.54. The molecule has 0 aromatic heterocycles. The number of hydrogen-bond acceptors (Lipinski definition) is 1. The van der Waals surface area contributed by atoms with E-state index in [1.54, 1.807) is 0 Å². The standard InChI is InChI=1S/C16H24O2/c1-11-9-13(16(3,4)5)10-12(2)14(11)7-6-8-15(17)18/h9-10H,6-8H2,1-5H3,(H,17,18). The van der Waals surface area contributed by atoms with Crippen molar-refractivity contribution in [2.45, 2.75) is 59.3 Å². The fourth-order valence-corrected chi connectivity index (χ4v) is 2.24. The van der Waals surface area contributed by atoms with Crippen molar-refractivity contribution in [2.24, 2.45) is 0 Å². The maximum Gasteiger partial charge on any atom is 0.303 e. The van der Waals surface area contributed by atoms with Crippen molar-refractivity contribution in [1.29, 1.82) is 0 Å². The van der Waals surface area contributed by atoms with Crippen LogP contribution in [-0.2, 0) is 16.6 Å². The molecule has 1 N–H and O–H groups in total. The molecule has 0 unspecified atom stereocenters. The number of benzene rings is 1. The third-order valence-corrected chi connectivity index (χ3v) is 3.38. The van der Waals surface area contributed by atoms with E-state index in [0.717, 1.165) is 6.42 Å². The molecule has 0 bridgehead atoms. The highest BCUT2D eigenvalue weighted by molar-refractivity contribution is 5.66. The Morgan fingerprint density at radius 2 is 1.67 bits per heavy atom. The fraction of sp³-hybridized carbons (Fsp3) is 0.562. The second-order valence-electron chi connectivity index (χ2n) is 6.09. The summed E-state index contributed by atoms with van der Waals surface area (Å²) in [7, 11) is 0. The van der Waals surface area contributed by atoms with Crippen LogP contribution in [0.1, 0.15) is 55.9 Å². The van der Waals surface area contributed by atoms with Gasteiger partial charge in [-0.25, -0.2) is 0 Å². The molecule has 1 rings (SSSR count). The van der Waals surface area contributed by atoms with Crippen LogP contribution in [0, 0.1) is 13.8 Å². The van der Waals surface area contributed by atoms with Gasteiger partial charge in [0, 0.05) is 6.42 Å². The third-order valence-electron chi connectivity index (χ3n) is 3.38. The van der Waals surface area contributed by atoms with Gasteiger partial charge in [-0.2, -0.15) is 0 Å². The van der Waals surface area contributed by atoms with E-state index in [0.29, 0.717) is 6.42 Å². The summed E-state index contributed by atoms with van der Waals surface area (Å²) >= 11 is 0. The highest BCUT2D eigenvalue weighted by Crippen LogP contribution is 2.27. The number of carbonyl (C=O) groups is 1. The van der Waals surface area contributed by atoms with Crippen molar-refractivity contribution in [3.63, 3.8) is 0 Å². The molecule has 0 fully saturated rings. The lowest BCUT2D eigenvalue weighted by Gasteiger charge is -2.22. The van der Waals surface area contributed by atoms with Gasteiger partial charge in [0.15, 0.2) is 0 Å². The molecule has 100 valence electrons. The third kappa shape index (κ3) is 3.86. The molecule has 1 aromatic rings. The number of carboxylic acid groups (broad SMARTS) is 1. The van der Waals surface area contributed by atoms with E-state index in [1.807, 2.05) is 0 Å². The van der Waals surface area contributed by atoms with Gasteiger partial charge in [-0.15, -0.1) is 0 Å². The van der Waals surface area contributed by atoms with E-state index in [1.165, 1.54) is 22.3 Å². The molecule has 2 nitrogen and oxygen atoms in total. The van der Waals surface area contributed by atoms with Crippen LogP contribution >= 0.6 is 0 Å². The van der Waals surface area contributed by atoms with Gasteiger partial charge in [0.2, 0.25) is 0 Å². The zero-order chi connectivity index (χ0) is 13.9. The molecule has 0 radical (unpaired) electrons. The monoisotopic (exact) mass is 248 g/mol. The summed E-state index contributed by atoms with van der Waals surface area (Å²) < 4.78 is 0. The number of aryl methyl sites for hydroxylation is 2. The predicted molar refractivity (Wildman–Crippen MR) is 75.2 cm³/mol. The SMILES string of the molecule is Cc1cc(C(C)(C)C)cc(C)c1CCCC(=O)O. The van der Waals surface area contributed by atoms with Crippen molar-refractivity contribution < 1.29 is 9.90 Å². The van der Waals surface area contributed by atoms with E-state index in [2.05, 4.69) is 46.8 Å². The summed E-state index contributed by atoms with van der Waals surface area (Å²) in [5.74, 6) is -0.711. The lowest BCUT2D eigenvalue weighted by molar-refractivity contribution is -0.137. The first-order chi connectivity index (χ1) is 8.21. The predicted octanol–water partition coefficient (Wildman–Crippen LogP) is 4.01. The number of hydrogen-bond donors (Lipinski definition) is 1. The number of carboxylic acids is 1. The van der Waals surface area contributed by atoms with Crippen LogP contribution in [-0.4, -0.2) is 11.1 Å². The molecule has 0 saturated heterocycles. The molecule has 0 heterocycles. The van der Waals surface area contributed by atoms with E-state index in [-0.39, 0.29) is 11.8 Å². The number of rotatable bonds is 4. The van der Waals surface area contributed by atoms with E-state index in [4.69, 9.17) is 5.11 Å². The van der Waals surface area contributed by atoms with Gasteiger partial charge in [-0.3, -0.25) is 4.79 Å². The Morgan fingerprint density at radius 3 is 2.06 bits per heavy atom. The maximum atomic E-state index is 10.5. The molecule has 0 aliphatic heterocycles. The van der Waals surface area contributed by atoms with Gasteiger partial charge in [0.25, 0.3) is 0 Å². The first-order valence-corrected chi connectivity index (χ1v) is 6.54. The van der Waals surface area contributed by atoms with Gasteiger partial charge in [0.1, 0.15) is 0 Å². The van der Waals surface area contributed by atoms with Crippen LogP contribution in [0.3, 0.4) is 0 Å². The maximum absolute atomic E-state index is 10.5. The molecule has 2 heteroatoms. The van der Waals surface area contributed by atoms with Crippen molar-refractivity contribution in [3.8, 4) is 0 Å². The second kappa shape index (κ2) is 5.55. The van der Waals surface area contributed by atoms with Gasteiger partial charge >= 0.3 is 5.97 Å². The Labute approximate surface area is 110 Å². The summed E-state index contributed by atoms with van der Waals surface area (Å²) in [6, 6.07) is 4.48. The van der Waals surface area contributed by atoms with Crippen LogP contribution in [0.5, 0.6) is 0 Å². The van der Waals surface area contributed by atoms with E-state index < -0.39 is 5.97 Å². The Hall–Kier alpha value is -1.31. The van der Waals surface area contributed by atoms with Crippen molar-refractivity contribution in [2.75, 3.05) is 0 Å². The second-order valence-corrected chi connectivity index (χ2v) is 6.09. The minimum absolute atomic E-state index is 0.162. The van der Waals surface area contributed by atoms with Crippen LogP contribution < -0.4 is 0 Å². The smallest absolute Gasteiger partial charge is 0.303 e. The molecule has 0 saturated carbocycles. The molecule has 0 aliphatic rings. The van der Waals surface area contributed by atoms with Crippen molar-refractivity contribution >= 4 is 5.97 Å². The molecule has 0 amide bonds. The normalized spacial score (nSPS) is 11.6. The van der Waals surface area contributed by atoms with Crippen LogP contribution in [0.25, 0.3) is 0 Å². The molecule has 0 spiro atoms. The first kappa shape index (κ1) is 14.7. The topological polar surface area (TPSA) is 37.3 Å². The highest BCUT2D eigenvalue weighted by Gasteiger charge is 2.16. The Morgan fingerprint density at radius 1 is 1.17 bits per heavy atom. The Balaban J connectivity index is 2.91. The van der Waals surface area contributed by atoms with Gasteiger partial charge in [-0.1, -0.05) is 32.9 Å². The average molecular weight is 248 g/mol. The lowest BCUT2D eigenvalue weighted by Crippen LogP contribution is -2.12. The molecular weight excluding hydrogens is 224 g/mol. The van der Waals surface area contributed by atoms with Crippen LogP contribution in [0.4, 0.5) is 0 Å². The van der Waals surface area contributed by atoms with Gasteiger partial charge in [-0.05, 0) is 54.4 Å². The van der Waals surface area contributed by atoms with Gasteiger partial charge in [0.05, 0.1) is 0 Å². The van der Waals surface area contributed by atoms with Crippen molar-refractivity contribution in [3.05, 3.63) is 34.4 Å². The molecular formula is C16H24O2. The largest absolute Gasteiger partial charge is 0.481 e. The van der Waals surface area contributed by atoms with E-state index >= 15 is 0 Å². The molecule has 0 atom stereocenters. The average Bonchev–Trinajstić information content (AvgIpc) is 2.20. The van der Waals surface area contributed by atoms with Crippen LogP contribution in [0.15, 0.2) is 12.1 Å². The zero-order valence-corrected chi connectivity index (χ0v) is 12.1. The minimum atomic E-state index is -0.711. The summed E-state index contributed by atoms with van der Waals surface area (Å²) in [6.07, 6.45) is 1.82. The fourth-order valence-electron chi connectivity index (χ4n) is 2.24.